The Morgan fingerprint density at radius 1 is 1.12 bits per heavy atom. The van der Waals surface area contributed by atoms with Crippen molar-refractivity contribution >= 4 is 15.7 Å². The SMILES string of the molecule is O=[NH+]c1ccc(Oc2cccc(F)c2)c(S(=O)(=O)N2CCNCC2)c1. The zero-order valence-corrected chi connectivity index (χ0v) is 14.1. The molecule has 0 bridgehead atoms. The van der Waals surface area contributed by atoms with E-state index < -0.39 is 15.8 Å². The van der Waals surface area contributed by atoms with Crippen molar-refractivity contribution in [3.8, 4) is 11.5 Å². The van der Waals surface area contributed by atoms with Gasteiger partial charge in [-0.1, -0.05) is 6.07 Å². The van der Waals surface area contributed by atoms with Gasteiger partial charge in [-0.25, -0.2) is 12.8 Å². The van der Waals surface area contributed by atoms with Crippen molar-refractivity contribution in [2.45, 2.75) is 4.90 Å². The van der Waals surface area contributed by atoms with Crippen LogP contribution in [0.25, 0.3) is 0 Å². The molecule has 3 rings (SSSR count). The topological polar surface area (TPSA) is 89.7 Å². The van der Waals surface area contributed by atoms with Gasteiger partial charge in [-0.15, -0.1) is 0 Å². The van der Waals surface area contributed by atoms with E-state index in [4.69, 9.17) is 4.74 Å². The molecule has 25 heavy (non-hydrogen) atoms. The molecule has 1 saturated heterocycles. The number of hydrogen-bond acceptors (Lipinski definition) is 5. The molecule has 0 aromatic heterocycles. The van der Waals surface area contributed by atoms with Crippen LogP contribution in [0.4, 0.5) is 10.1 Å². The van der Waals surface area contributed by atoms with Crippen molar-refractivity contribution in [2.24, 2.45) is 0 Å². The first-order valence-corrected chi connectivity index (χ1v) is 9.11. The van der Waals surface area contributed by atoms with Crippen LogP contribution in [0.3, 0.4) is 0 Å². The van der Waals surface area contributed by atoms with Crippen molar-refractivity contribution in [2.75, 3.05) is 26.2 Å². The summed E-state index contributed by atoms with van der Waals surface area (Å²) in [7, 11) is -3.86. The van der Waals surface area contributed by atoms with Crippen LogP contribution in [0.1, 0.15) is 0 Å². The first kappa shape index (κ1) is 17.5. The maximum Gasteiger partial charge on any atom is 0.254 e. The van der Waals surface area contributed by atoms with Gasteiger partial charge in [0, 0.05) is 54.5 Å². The number of halogens is 1. The maximum atomic E-state index is 13.3. The van der Waals surface area contributed by atoms with Gasteiger partial charge in [-0.05, 0) is 18.2 Å². The van der Waals surface area contributed by atoms with E-state index in [2.05, 4.69) is 5.32 Å². The zero-order chi connectivity index (χ0) is 17.9. The molecule has 132 valence electrons. The predicted octanol–water partition coefficient (Wildman–Crippen LogP) is 0.690. The van der Waals surface area contributed by atoms with Gasteiger partial charge in [-0.2, -0.15) is 4.31 Å². The van der Waals surface area contributed by atoms with E-state index in [-0.39, 0.29) is 22.1 Å². The fraction of sp³-hybridized carbons (Fsp3) is 0.250. The second-order valence-corrected chi connectivity index (χ2v) is 7.38. The van der Waals surface area contributed by atoms with Crippen LogP contribution in [0.2, 0.25) is 0 Å². The summed E-state index contributed by atoms with van der Waals surface area (Å²) in [6.45, 7) is 1.71. The third kappa shape index (κ3) is 3.84. The van der Waals surface area contributed by atoms with Gasteiger partial charge in [0.1, 0.15) is 22.2 Å². The minimum Gasteiger partial charge on any atom is -0.456 e. The van der Waals surface area contributed by atoms with Crippen molar-refractivity contribution in [3.63, 3.8) is 0 Å². The summed E-state index contributed by atoms with van der Waals surface area (Å²) in [5.41, 5.74) is 0.0975. The Bertz CT molecular complexity index is 883. The number of piperazine rings is 1. The average Bonchev–Trinajstić information content (AvgIpc) is 2.63. The van der Waals surface area contributed by atoms with E-state index >= 15 is 0 Å². The molecule has 2 aromatic rings. The molecule has 2 N–H and O–H groups in total. The number of hydrogen-bond donors (Lipinski definition) is 2. The summed E-state index contributed by atoms with van der Waals surface area (Å²) in [6, 6.07) is 9.39. The van der Waals surface area contributed by atoms with Crippen LogP contribution in [-0.2, 0) is 10.0 Å². The normalized spacial score (nSPS) is 15.7. The molecule has 0 atom stereocenters. The van der Waals surface area contributed by atoms with Gasteiger partial charge in [0.25, 0.3) is 5.69 Å². The maximum absolute atomic E-state index is 13.3. The Labute approximate surface area is 144 Å². The van der Waals surface area contributed by atoms with E-state index in [9.17, 15) is 17.7 Å². The second-order valence-electron chi connectivity index (χ2n) is 5.48. The molecule has 0 unspecified atom stereocenters. The monoisotopic (exact) mass is 366 g/mol. The van der Waals surface area contributed by atoms with Crippen molar-refractivity contribution < 1.29 is 22.7 Å². The summed E-state index contributed by atoms with van der Waals surface area (Å²) >= 11 is 0. The van der Waals surface area contributed by atoms with Gasteiger partial charge in [-0.3, -0.25) is 0 Å². The molecule has 0 spiro atoms. The van der Waals surface area contributed by atoms with Gasteiger partial charge in [0.15, 0.2) is 0 Å². The number of sulfonamides is 1. The van der Waals surface area contributed by atoms with Crippen molar-refractivity contribution in [1.82, 2.24) is 9.62 Å². The highest BCUT2D eigenvalue weighted by atomic mass is 32.2. The highest BCUT2D eigenvalue weighted by Crippen LogP contribution is 2.32. The Balaban J connectivity index is 2.02. The number of nitrogens with zero attached hydrogens (tertiary/aromatic N) is 1. The van der Waals surface area contributed by atoms with Crippen molar-refractivity contribution in [3.05, 3.63) is 53.2 Å². The number of nitrogens with one attached hydrogen (secondary N) is 2. The van der Waals surface area contributed by atoms with E-state index in [0.29, 0.717) is 26.2 Å². The quantitative estimate of drug-likeness (QED) is 0.813. The molecular weight excluding hydrogens is 349 g/mol. The number of ether oxygens (including phenoxy) is 1. The van der Waals surface area contributed by atoms with Gasteiger partial charge < -0.3 is 10.1 Å². The molecule has 7 nitrogen and oxygen atoms in total. The Hall–Kier alpha value is -2.36. The van der Waals surface area contributed by atoms with Crippen LogP contribution in [-0.4, -0.2) is 38.9 Å². The smallest absolute Gasteiger partial charge is 0.254 e. The van der Waals surface area contributed by atoms with Gasteiger partial charge >= 0.3 is 0 Å². The summed E-state index contributed by atoms with van der Waals surface area (Å²) in [6.07, 6.45) is 0. The molecule has 9 heteroatoms. The van der Waals surface area contributed by atoms with Crippen LogP contribution >= 0.6 is 0 Å². The first-order valence-electron chi connectivity index (χ1n) is 7.67. The van der Waals surface area contributed by atoms with Crippen LogP contribution in [0.5, 0.6) is 11.5 Å². The highest BCUT2D eigenvalue weighted by Gasteiger charge is 2.30. The lowest BCUT2D eigenvalue weighted by Crippen LogP contribution is -2.55. The molecule has 1 fully saturated rings. The molecule has 0 radical (unpaired) electrons. The number of benzene rings is 2. The third-order valence-corrected chi connectivity index (χ3v) is 5.70. The summed E-state index contributed by atoms with van der Waals surface area (Å²) < 4.78 is 46.1. The van der Waals surface area contributed by atoms with E-state index in [1.165, 1.54) is 40.7 Å². The minimum absolute atomic E-state index is 0.0307. The molecule has 0 amide bonds. The molecule has 1 aliphatic rings. The third-order valence-electron chi connectivity index (χ3n) is 3.78. The van der Waals surface area contributed by atoms with Crippen LogP contribution in [0.15, 0.2) is 47.4 Å². The summed E-state index contributed by atoms with van der Waals surface area (Å²) in [5.74, 6) is -0.301. The molecule has 2 aromatic carbocycles. The molecule has 0 saturated carbocycles. The van der Waals surface area contributed by atoms with Gasteiger partial charge in [0.05, 0.1) is 0 Å². The lowest BCUT2D eigenvalue weighted by Gasteiger charge is -2.27. The molecular formula is C16H17FN3O4S+. The van der Waals surface area contributed by atoms with E-state index in [1.807, 2.05) is 0 Å². The molecule has 0 aliphatic carbocycles. The minimum atomic E-state index is -3.86. The highest BCUT2D eigenvalue weighted by molar-refractivity contribution is 7.89. The Morgan fingerprint density at radius 2 is 1.88 bits per heavy atom. The van der Waals surface area contributed by atoms with Crippen molar-refractivity contribution in [1.29, 1.82) is 0 Å². The largest absolute Gasteiger partial charge is 0.456 e. The summed E-state index contributed by atoms with van der Waals surface area (Å²) in [4.78, 5) is 10.8. The summed E-state index contributed by atoms with van der Waals surface area (Å²) in [5, 5.41) is 4.76. The number of nitroso groups, excluding NO2 is 1. The molecule has 1 aliphatic heterocycles. The van der Waals surface area contributed by atoms with Crippen LogP contribution in [0, 0.1) is 10.7 Å². The lowest BCUT2D eigenvalue weighted by molar-refractivity contribution is -0.379. The van der Waals surface area contributed by atoms with E-state index in [1.54, 1.807) is 5.18 Å². The Kier molecular flexibility index (Phi) is 5.07. The fourth-order valence-electron chi connectivity index (χ4n) is 2.54. The molecule has 1 heterocycles. The van der Waals surface area contributed by atoms with E-state index in [0.717, 1.165) is 6.07 Å². The van der Waals surface area contributed by atoms with Crippen LogP contribution < -0.4 is 15.2 Å². The zero-order valence-electron chi connectivity index (χ0n) is 13.2. The fourth-order valence-corrected chi connectivity index (χ4v) is 4.12. The second kappa shape index (κ2) is 7.26. The standard InChI is InChI=1S/C16H16FN3O4S/c17-12-2-1-3-14(10-12)24-15-5-4-13(19-21)11-16(15)25(22,23)20-8-6-18-7-9-20/h1-5,10-11,18H,6-9H2/p+1. The predicted molar refractivity (Wildman–Crippen MR) is 88.5 cm³/mol. The first-order chi connectivity index (χ1) is 12.0. The number of rotatable bonds is 5. The van der Waals surface area contributed by atoms with Gasteiger partial charge in [0.2, 0.25) is 10.0 Å². The lowest BCUT2D eigenvalue weighted by atomic mass is 10.3. The average molecular weight is 366 g/mol. The Morgan fingerprint density at radius 3 is 2.56 bits per heavy atom.